The van der Waals surface area contributed by atoms with Crippen molar-refractivity contribution in [2.75, 3.05) is 6.61 Å². The summed E-state index contributed by atoms with van der Waals surface area (Å²) in [6, 6.07) is 8.03. The summed E-state index contributed by atoms with van der Waals surface area (Å²) in [4.78, 5) is 41.4. The molecule has 2 saturated carbocycles. The molecule has 0 saturated heterocycles. The lowest BCUT2D eigenvalue weighted by Crippen LogP contribution is -2.44. The van der Waals surface area contributed by atoms with Crippen molar-refractivity contribution < 1.29 is 29.0 Å². The van der Waals surface area contributed by atoms with E-state index < -0.39 is 17.9 Å². The summed E-state index contributed by atoms with van der Waals surface area (Å²) in [5.74, 6) is -1.10. The first-order chi connectivity index (χ1) is 18.7. The Morgan fingerprint density at radius 1 is 1.05 bits per heavy atom. The van der Waals surface area contributed by atoms with Gasteiger partial charge in [-0.05, 0) is 61.6 Å². The number of hydrogen-bond acceptors (Lipinski definition) is 7. The van der Waals surface area contributed by atoms with Crippen molar-refractivity contribution in [3.8, 4) is 22.7 Å². The molecule has 2 fully saturated rings. The van der Waals surface area contributed by atoms with Crippen LogP contribution in [0.15, 0.2) is 40.9 Å². The highest BCUT2D eigenvalue weighted by atomic mass is 16.4. The highest BCUT2D eigenvalue weighted by Crippen LogP contribution is 2.44. The van der Waals surface area contributed by atoms with Gasteiger partial charge in [-0.3, -0.25) is 14.3 Å². The Balaban J connectivity index is 1.35. The van der Waals surface area contributed by atoms with E-state index in [2.05, 4.69) is 20.7 Å². The Hall–Kier alpha value is -3.99. The van der Waals surface area contributed by atoms with Crippen LogP contribution in [0.1, 0.15) is 60.6 Å². The van der Waals surface area contributed by atoms with Crippen molar-refractivity contribution in [3.63, 3.8) is 0 Å². The molecule has 11 nitrogen and oxygen atoms in total. The SMILES string of the molecule is CC(C)C(NC(=O)c1cnc(-c2cccc(-c3cc(C(=O)NC(C4CC4)C4CC4)n(CCO)n3)c2)o1)C(=O)O. The molecule has 1 aromatic carbocycles. The summed E-state index contributed by atoms with van der Waals surface area (Å²) < 4.78 is 7.17. The molecule has 5 rings (SSSR count). The second kappa shape index (κ2) is 11.0. The number of carboxylic acid groups (broad SMARTS) is 1. The summed E-state index contributed by atoms with van der Waals surface area (Å²) in [6.07, 6.45) is 5.86. The highest BCUT2D eigenvalue weighted by Gasteiger charge is 2.42. The third-order valence-electron chi connectivity index (χ3n) is 7.24. The molecule has 39 heavy (non-hydrogen) atoms. The van der Waals surface area contributed by atoms with Gasteiger partial charge in [0.15, 0.2) is 0 Å². The van der Waals surface area contributed by atoms with Crippen LogP contribution in [0.3, 0.4) is 0 Å². The number of carbonyl (C=O) groups excluding carboxylic acids is 2. The molecule has 1 atom stereocenters. The van der Waals surface area contributed by atoms with Gasteiger partial charge in [0, 0.05) is 17.2 Å². The van der Waals surface area contributed by atoms with Gasteiger partial charge in [-0.15, -0.1) is 0 Å². The number of hydrogen-bond donors (Lipinski definition) is 4. The smallest absolute Gasteiger partial charge is 0.326 e. The van der Waals surface area contributed by atoms with Gasteiger partial charge in [-0.25, -0.2) is 9.78 Å². The fourth-order valence-electron chi connectivity index (χ4n) is 4.81. The molecule has 3 aromatic rings. The number of carbonyl (C=O) groups is 3. The molecule has 206 valence electrons. The largest absolute Gasteiger partial charge is 0.480 e. The number of amides is 2. The maximum atomic E-state index is 13.2. The average molecular weight is 536 g/mol. The first-order valence-electron chi connectivity index (χ1n) is 13.3. The van der Waals surface area contributed by atoms with Crippen molar-refractivity contribution in [2.45, 2.75) is 58.2 Å². The molecular weight excluding hydrogens is 502 g/mol. The first kappa shape index (κ1) is 26.6. The molecule has 0 aliphatic heterocycles. The molecule has 4 N–H and O–H groups in total. The lowest BCUT2D eigenvalue weighted by atomic mass is 10.0. The van der Waals surface area contributed by atoms with Crippen molar-refractivity contribution in [3.05, 3.63) is 48.0 Å². The monoisotopic (exact) mass is 535 g/mol. The predicted molar refractivity (Wildman–Crippen MR) is 141 cm³/mol. The topological polar surface area (TPSA) is 160 Å². The van der Waals surface area contributed by atoms with Crippen LogP contribution in [-0.4, -0.2) is 61.5 Å². The Morgan fingerprint density at radius 2 is 1.74 bits per heavy atom. The van der Waals surface area contributed by atoms with Gasteiger partial charge in [0.2, 0.25) is 11.7 Å². The lowest BCUT2D eigenvalue weighted by molar-refractivity contribution is -0.140. The molecule has 2 amide bonds. The molecule has 0 radical (unpaired) electrons. The van der Waals surface area contributed by atoms with Crippen LogP contribution in [0.4, 0.5) is 0 Å². The van der Waals surface area contributed by atoms with Crippen LogP contribution < -0.4 is 10.6 Å². The standard InChI is InChI=1S/C28H33N5O6/c1-15(2)23(28(37)38)30-26(36)22-14-29-27(39-22)19-5-3-4-18(12-19)20-13-21(33(32-20)10-11-34)25(35)31-24(16-6-7-16)17-8-9-17/h3-5,12-17,23-24,34H,6-11H2,1-2H3,(H,30,36)(H,31,35)(H,37,38). The van der Waals surface area contributed by atoms with Crippen LogP contribution in [-0.2, 0) is 11.3 Å². The molecule has 11 heteroatoms. The zero-order valence-electron chi connectivity index (χ0n) is 22.0. The van der Waals surface area contributed by atoms with Crippen molar-refractivity contribution in [2.24, 2.45) is 17.8 Å². The third kappa shape index (κ3) is 6.03. The number of benzene rings is 1. The molecule has 2 aromatic heterocycles. The molecule has 2 aliphatic rings. The van der Waals surface area contributed by atoms with Crippen LogP contribution in [0.25, 0.3) is 22.7 Å². The maximum Gasteiger partial charge on any atom is 0.326 e. The van der Waals surface area contributed by atoms with Gasteiger partial charge in [-0.2, -0.15) is 5.10 Å². The summed E-state index contributed by atoms with van der Waals surface area (Å²) in [5.41, 5.74) is 2.23. The van der Waals surface area contributed by atoms with Gasteiger partial charge in [0.25, 0.3) is 11.8 Å². The Bertz CT molecular complexity index is 1360. The maximum absolute atomic E-state index is 13.2. The number of oxazole rings is 1. The Morgan fingerprint density at radius 3 is 2.36 bits per heavy atom. The minimum atomic E-state index is -1.13. The number of aromatic nitrogens is 3. The Kier molecular flexibility index (Phi) is 7.51. The van der Waals surface area contributed by atoms with E-state index in [4.69, 9.17) is 4.42 Å². The van der Waals surface area contributed by atoms with E-state index in [1.165, 1.54) is 10.9 Å². The quantitative estimate of drug-likeness (QED) is 0.275. The van der Waals surface area contributed by atoms with Crippen LogP contribution in [0, 0.1) is 17.8 Å². The van der Waals surface area contributed by atoms with Crippen LogP contribution in [0.5, 0.6) is 0 Å². The second-order valence-electron chi connectivity index (χ2n) is 10.7. The lowest BCUT2D eigenvalue weighted by Gasteiger charge is -2.17. The van der Waals surface area contributed by atoms with Gasteiger partial charge in [-0.1, -0.05) is 26.0 Å². The molecular formula is C28H33N5O6. The van der Waals surface area contributed by atoms with E-state index in [1.807, 2.05) is 6.07 Å². The van der Waals surface area contributed by atoms with Crippen LogP contribution in [0.2, 0.25) is 0 Å². The van der Waals surface area contributed by atoms with Gasteiger partial charge in [0.05, 0.1) is 25.0 Å². The summed E-state index contributed by atoms with van der Waals surface area (Å²) in [5, 5.41) is 29.2. The zero-order valence-corrected chi connectivity index (χ0v) is 22.0. The molecule has 2 aliphatic carbocycles. The molecule has 1 unspecified atom stereocenters. The number of nitrogens with one attached hydrogen (secondary N) is 2. The van der Waals surface area contributed by atoms with Crippen LogP contribution >= 0.6 is 0 Å². The number of aliphatic hydroxyl groups excluding tert-OH is 1. The average Bonchev–Trinajstić information content (AvgIpc) is 3.84. The number of rotatable bonds is 12. The van der Waals surface area contributed by atoms with E-state index in [1.54, 1.807) is 38.1 Å². The molecule has 0 spiro atoms. The van der Waals surface area contributed by atoms with E-state index in [9.17, 15) is 24.6 Å². The number of aliphatic carboxylic acids is 1. The summed E-state index contributed by atoms with van der Waals surface area (Å²) in [7, 11) is 0. The third-order valence-corrected chi connectivity index (χ3v) is 7.24. The fraction of sp³-hybridized carbons (Fsp3) is 0.464. The number of carboxylic acids is 1. The molecule has 2 heterocycles. The van der Waals surface area contributed by atoms with E-state index in [0.29, 0.717) is 34.4 Å². The fourth-order valence-corrected chi connectivity index (χ4v) is 4.81. The van der Waals surface area contributed by atoms with Crippen molar-refractivity contribution in [1.82, 2.24) is 25.4 Å². The Labute approximate surface area is 225 Å². The van der Waals surface area contributed by atoms with Crippen molar-refractivity contribution in [1.29, 1.82) is 0 Å². The van der Waals surface area contributed by atoms with E-state index in [-0.39, 0.29) is 42.7 Å². The van der Waals surface area contributed by atoms with Gasteiger partial charge in [0.1, 0.15) is 11.7 Å². The number of aliphatic hydroxyl groups is 1. The van der Waals surface area contributed by atoms with Crippen molar-refractivity contribution >= 4 is 17.8 Å². The predicted octanol–water partition coefficient (Wildman–Crippen LogP) is 2.95. The minimum Gasteiger partial charge on any atom is -0.480 e. The van der Waals surface area contributed by atoms with E-state index in [0.717, 1.165) is 25.7 Å². The van der Waals surface area contributed by atoms with E-state index >= 15 is 0 Å². The minimum absolute atomic E-state index is 0.102. The summed E-state index contributed by atoms with van der Waals surface area (Å²) >= 11 is 0. The number of nitrogens with zero attached hydrogens (tertiary/aromatic N) is 3. The summed E-state index contributed by atoms with van der Waals surface area (Å²) in [6.45, 7) is 3.43. The highest BCUT2D eigenvalue weighted by molar-refractivity contribution is 5.95. The first-order valence-corrected chi connectivity index (χ1v) is 13.3. The molecule has 0 bridgehead atoms. The zero-order chi connectivity index (χ0) is 27.7. The van der Waals surface area contributed by atoms with Gasteiger partial charge >= 0.3 is 5.97 Å². The second-order valence-corrected chi connectivity index (χ2v) is 10.7. The normalized spacial score (nSPS) is 15.9. The van der Waals surface area contributed by atoms with Gasteiger partial charge < -0.3 is 25.3 Å².